The molecule has 0 saturated heterocycles. The molecule has 6 rings (SSSR count). The maximum Gasteiger partial charge on any atom is 2.00 e. The molecule has 0 radical (unpaired) electrons. The molecule has 66 heavy (non-hydrogen) atoms. The molecule has 5 atom stereocenters. The second kappa shape index (κ2) is 23.4. The number of allylic oxidation sites excluding steroid dienone is 9. The van der Waals surface area contributed by atoms with Gasteiger partial charge in [-0.05, 0) is 105 Å². The minimum absolute atomic E-state index is 0. The Bertz CT molecular complexity index is 2500. The third-order valence-electron chi connectivity index (χ3n) is 14.1. The van der Waals surface area contributed by atoms with Gasteiger partial charge in [-0.1, -0.05) is 116 Å². The van der Waals surface area contributed by atoms with Crippen LogP contribution in [-0.4, -0.2) is 71.6 Å². The summed E-state index contributed by atoms with van der Waals surface area (Å²) in [6.45, 7) is 23.6. The van der Waals surface area contributed by atoms with E-state index in [1.54, 1.807) is 12.2 Å². The number of carbonyl (C=O) groups is 3. The second-order valence-corrected chi connectivity index (χ2v) is 19.3. The van der Waals surface area contributed by atoms with Crippen LogP contribution in [0.2, 0.25) is 0 Å². The third kappa shape index (κ3) is 11.6. The van der Waals surface area contributed by atoms with Gasteiger partial charge in [0, 0.05) is 40.8 Å². The number of carbonyl (C=O) groups excluding carboxylic acids is 3. The Morgan fingerprint density at radius 1 is 0.939 bits per heavy atom. The second-order valence-electron chi connectivity index (χ2n) is 19.3. The number of nitrogens with zero attached hydrogens (tertiary/aromatic N) is 4. The van der Waals surface area contributed by atoms with E-state index in [-0.39, 0.29) is 48.0 Å². The third-order valence-corrected chi connectivity index (χ3v) is 14.1. The van der Waals surface area contributed by atoms with Gasteiger partial charge in [-0.15, -0.1) is 17.0 Å². The van der Waals surface area contributed by atoms with E-state index in [9.17, 15) is 19.5 Å². The van der Waals surface area contributed by atoms with Gasteiger partial charge in [-0.3, -0.25) is 19.4 Å². The molecule has 5 aliphatic rings. The van der Waals surface area contributed by atoms with E-state index in [0.717, 1.165) is 42.1 Å². The fourth-order valence-corrected chi connectivity index (χ4v) is 10.1. The van der Waals surface area contributed by atoms with Crippen LogP contribution in [-0.2, 0) is 19.1 Å². The summed E-state index contributed by atoms with van der Waals surface area (Å²) in [4.78, 5) is 61.5. The summed E-state index contributed by atoms with van der Waals surface area (Å²) in [5.41, 5.74) is 9.04. The van der Waals surface area contributed by atoms with E-state index in [1.807, 2.05) is 39.0 Å². The summed E-state index contributed by atoms with van der Waals surface area (Å²) in [6, 6.07) is 0. The summed E-state index contributed by atoms with van der Waals surface area (Å²) in [5, 5.41) is 13.7. The normalized spacial score (nSPS) is 21.6. The molecule has 1 aromatic heterocycles. The number of aromatic nitrogens is 1. The minimum atomic E-state index is -1.28. The van der Waals surface area contributed by atoms with Gasteiger partial charge in [0.15, 0.2) is 5.78 Å². The summed E-state index contributed by atoms with van der Waals surface area (Å²) in [7, 11) is 1.27. The van der Waals surface area contributed by atoms with Gasteiger partial charge < -0.3 is 19.6 Å². The molecule has 2 unspecified atom stereocenters. The van der Waals surface area contributed by atoms with E-state index in [2.05, 4.69) is 48.1 Å². The zero-order valence-electron chi connectivity index (χ0n) is 41.3. The largest absolute Gasteiger partial charge is 2.00 e. The van der Waals surface area contributed by atoms with Crippen molar-refractivity contribution in [2.75, 3.05) is 13.7 Å². The maximum absolute atomic E-state index is 14.4. The van der Waals surface area contributed by atoms with E-state index in [0.29, 0.717) is 91.5 Å². The molecule has 1 aromatic rings. The number of rotatable bonds is 20. The average molecular weight is 907 g/mol. The van der Waals surface area contributed by atoms with Crippen LogP contribution in [0.1, 0.15) is 148 Å². The summed E-state index contributed by atoms with van der Waals surface area (Å²) >= 11 is 0. The fraction of sp³-hybridized carbons (Fsp3) is 0.527. The van der Waals surface area contributed by atoms with E-state index in [4.69, 9.17) is 29.4 Å². The summed E-state index contributed by atoms with van der Waals surface area (Å²) < 4.78 is 11.0. The molecule has 348 valence electrons. The van der Waals surface area contributed by atoms with Gasteiger partial charge in [0.25, 0.3) is 0 Å². The summed E-state index contributed by atoms with van der Waals surface area (Å²) in [5.74, 6) is -1.14. The number of fused-ring (bicyclic) bond motifs is 5. The van der Waals surface area contributed by atoms with Crippen LogP contribution in [0, 0.1) is 42.4 Å². The van der Waals surface area contributed by atoms with Crippen molar-refractivity contribution < 1.29 is 29.0 Å². The SMILES string of the molecule is C=CC1=C2C=C3N=C(C=c4[n-]c5c(c4C)C(=O)[C@H](C(=O)OC)C=5C4=NC(=CC(=N2)C1=C[O-])[C@@H](C)[C@@H]4CCC(=O)OCC=C(C)CCCC(C)CCCC(C)CCCC(C)C)C(CC)=C3C.[Mg+2]. The topological polar surface area (TPSA) is 144 Å². The number of hydrogen-bond acceptors (Lipinski definition) is 9. The molecule has 0 spiro atoms. The molecule has 11 heteroatoms. The van der Waals surface area contributed by atoms with E-state index < -0.39 is 23.6 Å². The van der Waals surface area contributed by atoms with Crippen LogP contribution in [0.5, 0.6) is 0 Å². The Hall–Kier alpha value is -4.61. The zero-order valence-corrected chi connectivity index (χ0v) is 42.7. The number of aliphatic imine (C=N–C) groups is 3. The minimum Gasteiger partial charge on any atom is -0.877 e. The van der Waals surface area contributed by atoms with Crippen LogP contribution < -0.4 is 20.8 Å². The molecule has 1 aliphatic carbocycles. The Kier molecular flexibility index (Phi) is 18.6. The van der Waals surface area contributed by atoms with Gasteiger partial charge in [0.1, 0.15) is 12.5 Å². The van der Waals surface area contributed by atoms with Crippen molar-refractivity contribution in [1.82, 2.24) is 4.98 Å². The van der Waals surface area contributed by atoms with Crippen molar-refractivity contribution >= 4 is 69.6 Å². The smallest absolute Gasteiger partial charge is 0.877 e. The molecule has 10 nitrogen and oxygen atoms in total. The first-order chi connectivity index (χ1) is 31.1. The molecule has 5 heterocycles. The molecule has 8 bridgehead atoms. The number of Topliss-reactive ketones (excluding diaryl/α,β-unsaturated/α-hetero) is 1. The molecule has 0 aromatic carbocycles. The Labute approximate surface area is 408 Å². The van der Waals surface area contributed by atoms with Crippen LogP contribution in [0.25, 0.3) is 11.6 Å². The van der Waals surface area contributed by atoms with Gasteiger partial charge >= 0.3 is 35.0 Å². The van der Waals surface area contributed by atoms with Crippen LogP contribution in [0.3, 0.4) is 0 Å². The fourth-order valence-electron chi connectivity index (χ4n) is 10.1. The van der Waals surface area contributed by atoms with Crippen molar-refractivity contribution in [2.24, 2.45) is 50.5 Å². The Balaban J connectivity index is 0.00000817. The van der Waals surface area contributed by atoms with Crippen molar-refractivity contribution in [2.45, 2.75) is 139 Å². The van der Waals surface area contributed by atoms with Gasteiger partial charge in [0.2, 0.25) is 0 Å². The van der Waals surface area contributed by atoms with Gasteiger partial charge in [-0.2, -0.15) is 0 Å². The first-order valence-corrected chi connectivity index (χ1v) is 24.0. The molecule has 4 aliphatic heterocycles. The molecule has 0 fully saturated rings. The quantitative estimate of drug-likeness (QED) is 0.0418. The monoisotopic (exact) mass is 907 g/mol. The summed E-state index contributed by atoms with van der Waals surface area (Å²) in [6.07, 6.45) is 22.2. The van der Waals surface area contributed by atoms with Gasteiger partial charge in [0.05, 0.1) is 29.9 Å². The first kappa shape index (κ1) is 52.4. The number of ketones is 1. The molecular weight excluding hydrogens is 837 g/mol. The van der Waals surface area contributed by atoms with Crippen molar-refractivity contribution in [1.29, 1.82) is 0 Å². The van der Waals surface area contributed by atoms with E-state index >= 15 is 0 Å². The van der Waals surface area contributed by atoms with Gasteiger partial charge in [-0.25, -0.2) is 9.98 Å². The maximum atomic E-state index is 14.4. The standard InChI is InChI=1S/C55H72N4O6.Mg/c1-12-38-35(8)42-27-46-39(13-2)41(30-60)47(57-46)28-43-36(9)40(52(58-43)50-51(55(63)64-11)54(62)49-37(10)44(59-53(49)50)29-45(38)56-42)23-24-48(61)65-26-25-34(7)22-16-21-33(6)20-15-19-32(5)18-14-17-31(3)4;/h13,25,27-33,36,40,51H,2,12,14-24,26H2,1,3-11H3,(H2,56,57,58,59,60,62);/q;+2/p-2/t32?,33?,36-,40-,51+;/m0./s1. The Morgan fingerprint density at radius 3 is 2.26 bits per heavy atom. The van der Waals surface area contributed by atoms with Crippen molar-refractivity contribution in [3.05, 3.63) is 104 Å². The molecular formula is C55H70MgN4O6. The zero-order chi connectivity index (χ0) is 47.1. The van der Waals surface area contributed by atoms with Crippen molar-refractivity contribution in [3.8, 4) is 0 Å². The predicted octanol–water partition coefficient (Wildman–Crippen LogP) is 9.01. The number of methoxy groups -OCH3 is 1. The van der Waals surface area contributed by atoms with Crippen LogP contribution in [0.4, 0.5) is 0 Å². The average Bonchev–Trinajstić information content (AvgIpc) is 4.02. The molecule has 0 saturated carbocycles. The molecule has 0 amide bonds. The van der Waals surface area contributed by atoms with E-state index in [1.165, 1.54) is 57.6 Å². The van der Waals surface area contributed by atoms with Crippen LogP contribution >= 0.6 is 0 Å². The number of esters is 2. The molecule has 0 N–H and O–H groups in total. The van der Waals surface area contributed by atoms with Crippen LogP contribution in [0.15, 0.2) is 97.1 Å². The number of hydrogen-bond donors (Lipinski definition) is 0. The first-order valence-electron chi connectivity index (χ1n) is 24.0. The Morgan fingerprint density at radius 2 is 1.62 bits per heavy atom. The predicted molar refractivity (Wildman–Crippen MR) is 265 cm³/mol. The number of ether oxygens (including phenoxy) is 2. The van der Waals surface area contributed by atoms with Crippen molar-refractivity contribution in [3.63, 3.8) is 0 Å².